The lowest BCUT2D eigenvalue weighted by Gasteiger charge is -2.24. The number of benzene rings is 1. The van der Waals surface area contributed by atoms with Crippen LogP contribution >= 0.6 is 22.6 Å². The predicted octanol–water partition coefficient (Wildman–Crippen LogP) is 2.92. The third kappa shape index (κ3) is 3.50. The number of halogens is 1. The zero-order chi connectivity index (χ0) is 14.9. The molecule has 0 aromatic heterocycles. The zero-order valence-corrected chi connectivity index (χ0v) is 13.8. The standard InChI is InChI=1S/C15H18INO3/c1-9-3-4-11(7-13(9)16)14(18)17(12-5-6-12)8-10(2)15(19)20/h3-4,7,10,12H,5-6,8H2,1-2H3,(H,19,20). The van der Waals surface area contributed by atoms with E-state index >= 15 is 0 Å². The van der Waals surface area contributed by atoms with Crippen molar-refractivity contribution >= 4 is 34.5 Å². The number of aryl methyl sites for hydroxylation is 1. The molecule has 2 rings (SSSR count). The fourth-order valence-electron chi connectivity index (χ4n) is 2.05. The second kappa shape index (κ2) is 6.11. The third-order valence-electron chi connectivity index (χ3n) is 3.56. The highest BCUT2D eigenvalue weighted by molar-refractivity contribution is 14.1. The van der Waals surface area contributed by atoms with Crippen LogP contribution in [-0.4, -0.2) is 34.5 Å². The molecule has 0 heterocycles. The number of hydrogen-bond donors (Lipinski definition) is 1. The van der Waals surface area contributed by atoms with Crippen molar-refractivity contribution in [2.45, 2.75) is 32.7 Å². The van der Waals surface area contributed by atoms with Crippen LogP contribution in [0, 0.1) is 16.4 Å². The fraction of sp³-hybridized carbons (Fsp3) is 0.467. The Hall–Kier alpha value is -1.11. The number of aliphatic carboxylic acids is 1. The lowest BCUT2D eigenvalue weighted by molar-refractivity contribution is -0.141. The highest BCUT2D eigenvalue weighted by Gasteiger charge is 2.34. The summed E-state index contributed by atoms with van der Waals surface area (Å²) < 4.78 is 1.05. The molecule has 0 spiro atoms. The molecule has 1 aliphatic carbocycles. The van der Waals surface area contributed by atoms with E-state index in [0.717, 1.165) is 22.0 Å². The van der Waals surface area contributed by atoms with Crippen LogP contribution in [0.2, 0.25) is 0 Å². The first-order valence-corrected chi connectivity index (χ1v) is 7.78. The Morgan fingerprint density at radius 1 is 1.45 bits per heavy atom. The van der Waals surface area contributed by atoms with E-state index in [-0.39, 0.29) is 18.5 Å². The van der Waals surface area contributed by atoms with Gasteiger partial charge in [0.05, 0.1) is 5.92 Å². The molecule has 4 nitrogen and oxygen atoms in total. The van der Waals surface area contributed by atoms with Crippen molar-refractivity contribution in [3.63, 3.8) is 0 Å². The Bertz CT molecular complexity index is 540. The van der Waals surface area contributed by atoms with E-state index in [1.807, 2.05) is 25.1 Å². The lowest BCUT2D eigenvalue weighted by Crippen LogP contribution is -2.38. The Labute approximate surface area is 132 Å². The lowest BCUT2D eigenvalue weighted by atomic mass is 10.1. The van der Waals surface area contributed by atoms with E-state index in [9.17, 15) is 9.59 Å². The van der Waals surface area contributed by atoms with Gasteiger partial charge in [0.15, 0.2) is 0 Å². The minimum absolute atomic E-state index is 0.0569. The van der Waals surface area contributed by atoms with Crippen LogP contribution in [0.1, 0.15) is 35.7 Å². The normalized spacial score (nSPS) is 15.8. The summed E-state index contributed by atoms with van der Waals surface area (Å²) in [6, 6.07) is 5.84. The second-order valence-electron chi connectivity index (χ2n) is 5.39. The molecule has 20 heavy (non-hydrogen) atoms. The molecule has 1 fully saturated rings. The van der Waals surface area contributed by atoms with Crippen LogP contribution in [0.15, 0.2) is 18.2 Å². The number of carbonyl (C=O) groups is 2. The maximum atomic E-state index is 12.6. The molecule has 1 amide bonds. The van der Waals surface area contributed by atoms with Crippen molar-refractivity contribution < 1.29 is 14.7 Å². The molecule has 0 aliphatic heterocycles. The van der Waals surface area contributed by atoms with Crippen LogP contribution in [0.3, 0.4) is 0 Å². The van der Waals surface area contributed by atoms with Crippen molar-refractivity contribution in [1.29, 1.82) is 0 Å². The molecule has 1 aromatic rings. The summed E-state index contributed by atoms with van der Waals surface area (Å²) >= 11 is 2.21. The third-order valence-corrected chi connectivity index (χ3v) is 4.72. The average Bonchev–Trinajstić information content (AvgIpc) is 3.22. The molecule has 108 valence electrons. The highest BCUT2D eigenvalue weighted by atomic mass is 127. The molecule has 1 unspecified atom stereocenters. The van der Waals surface area contributed by atoms with Crippen molar-refractivity contribution in [2.75, 3.05) is 6.54 Å². The van der Waals surface area contributed by atoms with Gasteiger partial charge in [0.1, 0.15) is 0 Å². The molecule has 0 saturated heterocycles. The Morgan fingerprint density at radius 3 is 2.60 bits per heavy atom. The first-order chi connectivity index (χ1) is 9.40. The number of rotatable bonds is 5. The Kier molecular flexibility index (Phi) is 4.67. The van der Waals surface area contributed by atoms with E-state index < -0.39 is 11.9 Å². The van der Waals surface area contributed by atoms with Gasteiger partial charge in [-0.25, -0.2) is 0 Å². The van der Waals surface area contributed by atoms with Gasteiger partial charge in [-0.3, -0.25) is 9.59 Å². The van der Waals surface area contributed by atoms with Gasteiger partial charge < -0.3 is 10.0 Å². The molecule has 1 N–H and O–H groups in total. The maximum Gasteiger partial charge on any atom is 0.308 e. The van der Waals surface area contributed by atoms with Gasteiger partial charge in [-0.15, -0.1) is 0 Å². The summed E-state index contributed by atoms with van der Waals surface area (Å²) in [6.45, 7) is 3.92. The fourth-order valence-corrected chi connectivity index (χ4v) is 2.56. The number of carboxylic acids is 1. The van der Waals surface area contributed by atoms with E-state index in [1.54, 1.807) is 11.8 Å². The second-order valence-corrected chi connectivity index (χ2v) is 6.55. The maximum absolute atomic E-state index is 12.6. The highest BCUT2D eigenvalue weighted by Crippen LogP contribution is 2.29. The molecule has 1 atom stereocenters. The van der Waals surface area contributed by atoms with Gasteiger partial charge in [-0.2, -0.15) is 0 Å². The minimum Gasteiger partial charge on any atom is -0.481 e. The molecule has 0 bridgehead atoms. The molecule has 5 heteroatoms. The smallest absolute Gasteiger partial charge is 0.308 e. The Morgan fingerprint density at radius 2 is 2.10 bits per heavy atom. The van der Waals surface area contributed by atoms with Crippen LogP contribution in [0.5, 0.6) is 0 Å². The Balaban J connectivity index is 2.18. The van der Waals surface area contributed by atoms with Gasteiger partial charge in [-0.05, 0) is 60.1 Å². The summed E-state index contributed by atoms with van der Waals surface area (Å²) in [6.07, 6.45) is 1.95. The topological polar surface area (TPSA) is 57.6 Å². The average molecular weight is 387 g/mol. The quantitative estimate of drug-likeness (QED) is 0.791. The number of nitrogens with zero attached hydrogens (tertiary/aromatic N) is 1. The van der Waals surface area contributed by atoms with E-state index in [4.69, 9.17) is 5.11 Å². The van der Waals surface area contributed by atoms with E-state index in [2.05, 4.69) is 22.6 Å². The van der Waals surface area contributed by atoms with Crippen molar-refractivity contribution in [3.05, 3.63) is 32.9 Å². The minimum atomic E-state index is -0.859. The predicted molar refractivity (Wildman–Crippen MR) is 84.8 cm³/mol. The molecule has 0 radical (unpaired) electrons. The number of amides is 1. The summed E-state index contributed by atoms with van der Waals surface area (Å²) in [7, 11) is 0. The summed E-state index contributed by atoms with van der Waals surface area (Å²) in [5.41, 5.74) is 1.78. The summed E-state index contributed by atoms with van der Waals surface area (Å²) in [5, 5.41) is 9.03. The van der Waals surface area contributed by atoms with Crippen LogP contribution < -0.4 is 0 Å². The molecule has 1 aromatic carbocycles. The SMILES string of the molecule is Cc1ccc(C(=O)N(CC(C)C(=O)O)C2CC2)cc1I. The van der Waals surface area contributed by atoms with Gasteiger partial charge in [0, 0.05) is 21.7 Å². The first kappa shape index (κ1) is 15.3. The number of carbonyl (C=O) groups excluding carboxylic acids is 1. The zero-order valence-electron chi connectivity index (χ0n) is 11.6. The van der Waals surface area contributed by atoms with Gasteiger partial charge in [0.25, 0.3) is 5.91 Å². The largest absolute Gasteiger partial charge is 0.481 e. The summed E-state index contributed by atoms with van der Waals surface area (Å²) in [4.78, 5) is 25.3. The van der Waals surface area contributed by atoms with Crippen LogP contribution in [0.4, 0.5) is 0 Å². The number of hydrogen-bond acceptors (Lipinski definition) is 2. The summed E-state index contributed by atoms with van der Waals surface area (Å²) in [5.74, 6) is -1.45. The van der Waals surface area contributed by atoms with Crippen molar-refractivity contribution in [1.82, 2.24) is 4.90 Å². The van der Waals surface area contributed by atoms with Crippen molar-refractivity contribution in [3.8, 4) is 0 Å². The monoisotopic (exact) mass is 387 g/mol. The van der Waals surface area contributed by atoms with Gasteiger partial charge in [-0.1, -0.05) is 13.0 Å². The number of carboxylic acid groups (broad SMARTS) is 1. The van der Waals surface area contributed by atoms with Crippen LogP contribution in [-0.2, 0) is 4.79 Å². The van der Waals surface area contributed by atoms with Gasteiger partial charge >= 0.3 is 5.97 Å². The molecular weight excluding hydrogens is 369 g/mol. The van der Waals surface area contributed by atoms with Crippen molar-refractivity contribution in [2.24, 2.45) is 5.92 Å². The molecule has 1 aliphatic rings. The molecule has 1 saturated carbocycles. The van der Waals surface area contributed by atoms with Crippen LogP contribution in [0.25, 0.3) is 0 Å². The van der Waals surface area contributed by atoms with E-state index in [0.29, 0.717) is 5.56 Å². The molecular formula is C15H18INO3. The van der Waals surface area contributed by atoms with Gasteiger partial charge in [0.2, 0.25) is 0 Å². The first-order valence-electron chi connectivity index (χ1n) is 6.70. The van der Waals surface area contributed by atoms with E-state index in [1.165, 1.54) is 0 Å².